The number of H-pyrrole nitrogens is 2. The Morgan fingerprint density at radius 3 is 3.00 bits per heavy atom. The van der Waals surface area contributed by atoms with Gasteiger partial charge in [-0.15, -0.1) is 0 Å². The van der Waals surface area contributed by atoms with Crippen LogP contribution in [0.2, 0.25) is 0 Å². The van der Waals surface area contributed by atoms with Gasteiger partial charge in [0.05, 0.1) is 24.1 Å². The van der Waals surface area contributed by atoms with E-state index in [1.165, 1.54) is 6.33 Å². The normalized spacial score (nSPS) is 12.5. The lowest BCUT2D eigenvalue weighted by Crippen LogP contribution is -2.27. The standard InChI is InChI=1S/C13H13N5O3/c1-6(8-3-16-17-4-8)18-12(20)9-7(2)21-13-10(9)11(19)14-5-15-13/h3-6H,1-2H3,(H,16,17)(H,18,20)(H,14,15,19). The van der Waals surface area contributed by atoms with Crippen molar-refractivity contribution in [1.29, 1.82) is 0 Å². The van der Waals surface area contributed by atoms with Crippen LogP contribution in [0, 0.1) is 6.92 Å². The van der Waals surface area contributed by atoms with Crippen LogP contribution in [0.25, 0.3) is 11.1 Å². The molecule has 8 nitrogen and oxygen atoms in total. The van der Waals surface area contributed by atoms with Crippen LogP contribution < -0.4 is 10.9 Å². The molecule has 0 spiro atoms. The molecule has 0 aliphatic heterocycles. The minimum absolute atomic E-state index is 0.150. The van der Waals surface area contributed by atoms with Crippen molar-refractivity contribution in [2.45, 2.75) is 19.9 Å². The highest BCUT2D eigenvalue weighted by atomic mass is 16.3. The number of rotatable bonds is 3. The Labute approximate surface area is 118 Å². The molecule has 0 fully saturated rings. The van der Waals surface area contributed by atoms with Crippen molar-refractivity contribution in [1.82, 2.24) is 25.5 Å². The zero-order valence-corrected chi connectivity index (χ0v) is 11.4. The third-order valence-corrected chi connectivity index (χ3v) is 3.26. The number of aryl methyl sites for hydroxylation is 1. The van der Waals surface area contributed by atoms with E-state index in [2.05, 4.69) is 25.5 Å². The monoisotopic (exact) mass is 287 g/mol. The van der Waals surface area contributed by atoms with Gasteiger partial charge in [-0.1, -0.05) is 0 Å². The van der Waals surface area contributed by atoms with Gasteiger partial charge in [-0.25, -0.2) is 4.98 Å². The number of furan rings is 1. The van der Waals surface area contributed by atoms with E-state index in [4.69, 9.17) is 4.42 Å². The average Bonchev–Trinajstić information content (AvgIpc) is 3.05. The first-order chi connectivity index (χ1) is 10.1. The van der Waals surface area contributed by atoms with Crippen molar-refractivity contribution < 1.29 is 9.21 Å². The van der Waals surface area contributed by atoms with Crippen LogP contribution in [0.4, 0.5) is 0 Å². The lowest BCUT2D eigenvalue weighted by Gasteiger charge is -2.11. The number of hydrogen-bond acceptors (Lipinski definition) is 5. The Kier molecular flexibility index (Phi) is 3.05. The van der Waals surface area contributed by atoms with E-state index >= 15 is 0 Å². The molecule has 0 aliphatic rings. The summed E-state index contributed by atoms with van der Waals surface area (Å²) in [6.07, 6.45) is 4.56. The van der Waals surface area contributed by atoms with E-state index in [1.807, 2.05) is 6.92 Å². The fraction of sp³-hybridized carbons (Fsp3) is 0.231. The Bertz CT molecular complexity index is 846. The molecular formula is C13H13N5O3. The number of amides is 1. The summed E-state index contributed by atoms with van der Waals surface area (Å²) in [6, 6.07) is -0.253. The minimum atomic E-state index is -0.405. The summed E-state index contributed by atoms with van der Waals surface area (Å²) in [5.74, 6) is -0.0375. The molecule has 3 N–H and O–H groups in total. The second-order valence-electron chi connectivity index (χ2n) is 4.67. The van der Waals surface area contributed by atoms with Gasteiger partial charge < -0.3 is 14.7 Å². The zero-order chi connectivity index (χ0) is 15.0. The Morgan fingerprint density at radius 2 is 2.29 bits per heavy atom. The molecule has 3 heterocycles. The summed E-state index contributed by atoms with van der Waals surface area (Å²) in [4.78, 5) is 30.7. The summed E-state index contributed by atoms with van der Waals surface area (Å²) >= 11 is 0. The van der Waals surface area contributed by atoms with Gasteiger partial charge in [-0.2, -0.15) is 5.10 Å². The Morgan fingerprint density at radius 1 is 1.48 bits per heavy atom. The molecule has 0 aliphatic carbocycles. The predicted octanol–water partition coefficient (Wildman–Crippen LogP) is 1.04. The molecule has 3 aromatic rings. The van der Waals surface area contributed by atoms with Crippen molar-refractivity contribution in [2.24, 2.45) is 0 Å². The largest absolute Gasteiger partial charge is 0.442 e. The number of nitrogens with one attached hydrogen (secondary N) is 3. The summed E-state index contributed by atoms with van der Waals surface area (Å²) in [7, 11) is 0. The molecule has 1 amide bonds. The first-order valence-electron chi connectivity index (χ1n) is 6.34. The molecular weight excluding hydrogens is 274 g/mol. The number of hydrogen-bond donors (Lipinski definition) is 3. The fourth-order valence-corrected chi connectivity index (χ4v) is 2.18. The topological polar surface area (TPSA) is 117 Å². The molecule has 1 atom stereocenters. The maximum absolute atomic E-state index is 12.4. The van der Waals surface area contributed by atoms with Crippen LogP contribution in [-0.2, 0) is 0 Å². The molecule has 0 radical (unpaired) electrons. The zero-order valence-electron chi connectivity index (χ0n) is 11.4. The summed E-state index contributed by atoms with van der Waals surface area (Å²) in [5, 5.41) is 9.48. The van der Waals surface area contributed by atoms with Crippen LogP contribution in [0.5, 0.6) is 0 Å². The highest BCUT2D eigenvalue weighted by Crippen LogP contribution is 2.21. The van der Waals surface area contributed by atoms with Crippen molar-refractivity contribution in [3.05, 3.63) is 46.0 Å². The van der Waals surface area contributed by atoms with Crippen molar-refractivity contribution in [3.8, 4) is 0 Å². The van der Waals surface area contributed by atoms with Crippen LogP contribution in [0.15, 0.2) is 27.9 Å². The number of fused-ring (bicyclic) bond motifs is 1. The SMILES string of the molecule is Cc1oc2nc[nH]c(=O)c2c1C(=O)NC(C)c1cn[nH]c1. The number of nitrogens with zero attached hydrogens (tertiary/aromatic N) is 2. The van der Waals surface area contributed by atoms with E-state index in [1.54, 1.807) is 19.3 Å². The van der Waals surface area contributed by atoms with Crippen molar-refractivity contribution in [2.75, 3.05) is 0 Å². The average molecular weight is 287 g/mol. The third-order valence-electron chi connectivity index (χ3n) is 3.26. The van der Waals surface area contributed by atoms with Gasteiger partial charge in [0.15, 0.2) is 0 Å². The van der Waals surface area contributed by atoms with E-state index < -0.39 is 11.5 Å². The molecule has 0 aromatic carbocycles. The van der Waals surface area contributed by atoms with E-state index in [-0.39, 0.29) is 22.7 Å². The Balaban J connectivity index is 1.99. The van der Waals surface area contributed by atoms with E-state index in [0.29, 0.717) is 5.76 Å². The smallest absolute Gasteiger partial charge is 0.262 e. The molecule has 21 heavy (non-hydrogen) atoms. The number of carbonyl (C=O) groups is 1. The van der Waals surface area contributed by atoms with Gasteiger partial charge in [0.2, 0.25) is 5.71 Å². The highest BCUT2D eigenvalue weighted by Gasteiger charge is 2.23. The lowest BCUT2D eigenvalue weighted by atomic mass is 10.1. The quantitative estimate of drug-likeness (QED) is 0.665. The van der Waals surface area contributed by atoms with E-state index in [9.17, 15) is 9.59 Å². The first kappa shape index (κ1) is 13.1. The van der Waals surface area contributed by atoms with Crippen LogP contribution in [0.1, 0.15) is 34.6 Å². The lowest BCUT2D eigenvalue weighted by molar-refractivity contribution is 0.0940. The molecule has 0 saturated carbocycles. The van der Waals surface area contributed by atoms with Gasteiger partial charge in [-0.3, -0.25) is 14.7 Å². The maximum Gasteiger partial charge on any atom is 0.262 e. The van der Waals surface area contributed by atoms with Gasteiger partial charge in [0.25, 0.3) is 11.5 Å². The molecule has 3 aromatic heterocycles. The maximum atomic E-state index is 12.4. The number of aromatic amines is 2. The summed E-state index contributed by atoms with van der Waals surface area (Å²) in [5.41, 5.74) is 0.783. The molecule has 8 heteroatoms. The molecule has 0 bridgehead atoms. The van der Waals surface area contributed by atoms with E-state index in [0.717, 1.165) is 5.56 Å². The van der Waals surface area contributed by atoms with Crippen LogP contribution >= 0.6 is 0 Å². The predicted molar refractivity (Wildman–Crippen MR) is 73.8 cm³/mol. The van der Waals surface area contributed by atoms with Gasteiger partial charge >= 0.3 is 0 Å². The molecule has 108 valence electrons. The molecule has 1 unspecified atom stereocenters. The van der Waals surface area contributed by atoms with Crippen LogP contribution in [0.3, 0.4) is 0 Å². The first-order valence-corrected chi connectivity index (χ1v) is 6.34. The van der Waals surface area contributed by atoms with Gasteiger partial charge in [0, 0.05) is 11.8 Å². The third kappa shape index (κ3) is 2.20. The van der Waals surface area contributed by atoms with Gasteiger partial charge in [0.1, 0.15) is 11.1 Å². The number of aromatic nitrogens is 4. The summed E-state index contributed by atoms with van der Waals surface area (Å²) in [6.45, 7) is 3.45. The van der Waals surface area contributed by atoms with Gasteiger partial charge in [-0.05, 0) is 13.8 Å². The molecule has 0 saturated heterocycles. The van der Waals surface area contributed by atoms with Crippen LogP contribution in [-0.4, -0.2) is 26.1 Å². The fourth-order valence-electron chi connectivity index (χ4n) is 2.18. The highest BCUT2D eigenvalue weighted by molar-refractivity contribution is 6.06. The van der Waals surface area contributed by atoms with Crippen molar-refractivity contribution in [3.63, 3.8) is 0 Å². The minimum Gasteiger partial charge on any atom is -0.442 e. The Hall–Kier alpha value is -2.90. The second-order valence-corrected chi connectivity index (χ2v) is 4.67. The second kappa shape index (κ2) is 4.89. The summed E-state index contributed by atoms with van der Waals surface area (Å²) < 4.78 is 5.36. The van der Waals surface area contributed by atoms with Crippen molar-refractivity contribution >= 4 is 17.0 Å². The number of carbonyl (C=O) groups excluding carboxylic acids is 1. The molecule has 3 rings (SSSR count).